The van der Waals surface area contributed by atoms with Crippen molar-refractivity contribution in [2.45, 2.75) is 6.42 Å². The van der Waals surface area contributed by atoms with E-state index < -0.39 is 5.82 Å². The molecule has 1 rings (SSSR count). The largest absolute Gasteiger partial charge is 0.330 e. The van der Waals surface area contributed by atoms with E-state index in [2.05, 4.69) is 27.8 Å². The van der Waals surface area contributed by atoms with Crippen LogP contribution < -0.4 is 5.73 Å². The predicted octanol–water partition coefficient (Wildman–Crippen LogP) is 2.94. The summed E-state index contributed by atoms with van der Waals surface area (Å²) >= 11 is 8.84. The molecule has 0 amide bonds. The average molecular weight is 277 g/mol. The molecule has 0 aliphatic carbocycles. The summed E-state index contributed by atoms with van der Waals surface area (Å²) in [6.45, 7) is 0.472. The Bertz CT molecular complexity index is 372. The summed E-state index contributed by atoms with van der Waals surface area (Å²) < 4.78 is 13.9. The number of nitrogens with two attached hydrogens (primary N) is 1. The van der Waals surface area contributed by atoms with Gasteiger partial charge in [-0.05, 0) is 28.1 Å². The molecule has 1 aromatic carbocycles. The van der Waals surface area contributed by atoms with Crippen LogP contribution in [0.15, 0.2) is 16.6 Å². The summed E-state index contributed by atoms with van der Waals surface area (Å²) in [5, 5.41) is 0.346. The molecule has 2 N–H and O–H groups in total. The molecule has 74 valence electrons. The molecule has 1 aromatic rings. The molecule has 0 saturated carbocycles. The molecule has 0 aliphatic rings. The first kappa shape index (κ1) is 11.5. The molecule has 14 heavy (non-hydrogen) atoms. The summed E-state index contributed by atoms with van der Waals surface area (Å²) in [6, 6.07) is 2.84. The van der Waals surface area contributed by atoms with Gasteiger partial charge < -0.3 is 5.73 Å². The number of rotatable bonds is 1. The monoisotopic (exact) mass is 275 g/mol. The van der Waals surface area contributed by atoms with E-state index in [0.29, 0.717) is 28.0 Å². The summed E-state index contributed by atoms with van der Waals surface area (Å²) in [4.78, 5) is 0. The first-order valence-electron chi connectivity index (χ1n) is 3.98. The van der Waals surface area contributed by atoms with Gasteiger partial charge in [0.25, 0.3) is 0 Å². The van der Waals surface area contributed by atoms with E-state index in [1.54, 1.807) is 6.07 Å². The molecule has 0 heterocycles. The summed E-state index contributed by atoms with van der Waals surface area (Å²) in [7, 11) is 0. The lowest BCUT2D eigenvalue weighted by atomic mass is 10.2. The molecule has 0 atom stereocenters. The minimum Gasteiger partial charge on any atom is -0.330 e. The van der Waals surface area contributed by atoms with Crippen LogP contribution >= 0.6 is 27.5 Å². The minimum atomic E-state index is -0.422. The number of hydrogen-bond acceptors (Lipinski definition) is 1. The van der Waals surface area contributed by atoms with Crippen LogP contribution in [0.5, 0.6) is 0 Å². The van der Waals surface area contributed by atoms with Gasteiger partial charge in [0.2, 0.25) is 0 Å². The highest BCUT2D eigenvalue weighted by molar-refractivity contribution is 9.10. The van der Waals surface area contributed by atoms with Crippen LogP contribution in [0.2, 0.25) is 5.02 Å². The maximum Gasteiger partial charge on any atom is 0.141 e. The molecule has 0 fully saturated rings. The fourth-order valence-electron chi connectivity index (χ4n) is 0.885. The maximum absolute atomic E-state index is 13.3. The van der Waals surface area contributed by atoms with E-state index in [1.165, 1.54) is 6.07 Å². The van der Waals surface area contributed by atoms with Gasteiger partial charge in [-0.25, -0.2) is 4.39 Å². The zero-order valence-electron chi connectivity index (χ0n) is 7.28. The zero-order valence-corrected chi connectivity index (χ0v) is 9.62. The molecular weight excluding hydrogens is 268 g/mol. The van der Waals surface area contributed by atoms with Crippen molar-refractivity contribution in [1.29, 1.82) is 0 Å². The molecule has 0 bridgehead atoms. The van der Waals surface area contributed by atoms with Gasteiger partial charge in [0, 0.05) is 22.5 Å². The number of benzene rings is 1. The predicted molar refractivity (Wildman–Crippen MR) is 59.7 cm³/mol. The van der Waals surface area contributed by atoms with Gasteiger partial charge in [0.05, 0.1) is 5.56 Å². The Kier molecular flexibility index (Phi) is 4.40. The highest BCUT2D eigenvalue weighted by Gasteiger charge is 2.05. The Labute approximate surface area is 95.6 Å². The minimum absolute atomic E-state index is 0.322. The Morgan fingerprint density at radius 1 is 1.50 bits per heavy atom. The van der Waals surface area contributed by atoms with Gasteiger partial charge in [-0.2, -0.15) is 0 Å². The zero-order chi connectivity index (χ0) is 10.6. The molecule has 4 heteroatoms. The van der Waals surface area contributed by atoms with Crippen molar-refractivity contribution in [3.63, 3.8) is 0 Å². The second-order valence-corrected chi connectivity index (χ2v) is 3.88. The van der Waals surface area contributed by atoms with Crippen molar-refractivity contribution in [3.8, 4) is 11.8 Å². The van der Waals surface area contributed by atoms with E-state index in [4.69, 9.17) is 17.3 Å². The lowest BCUT2D eigenvalue weighted by Gasteiger charge is -1.99. The average Bonchev–Trinajstić information content (AvgIpc) is 2.09. The first-order chi connectivity index (χ1) is 6.65. The van der Waals surface area contributed by atoms with Crippen molar-refractivity contribution in [1.82, 2.24) is 0 Å². The van der Waals surface area contributed by atoms with Crippen LogP contribution in [-0.2, 0) is 0 Å². The van der Waals surface area contributed by atoms with Crippen molar-refractivity contribution in [3.05, 3.63) is 33.0 Å². The highest BCUT2D eigenvalue weighted by Crippen LogP contribution is 2.23. The van der Waals surface area contributed by atoms with Crippen LogP contribution in [0.25, 0.3) is 0 Å². The van der Waals surface area contributed by atoms with Crippen LogP contribution in [0.1, 0.15) is 12.0 Å². The quantitative estimate of drug-likeness (QED) is 0.784. The maximum atomic E-state index is 13.3. The van der Waals surface area contributed by atoms with Crippen LogP contribution in [-0.4, -0.2) is 6.54 Å². The first-order valence-corrected chi connectivity index (χ1v) is 5.15. The van der Waals surface area contributed by atoms with Gasteiger partial charge in [-0.1, -0.05) is 23.4 Å². The molecule has 0 radical (unpaired) electrons. The summed E-state index contributed by atoms with van der Waals surface area (Å²) in [5.41, 5.74) is 5.59. The SMILES string of the molecule is NCCC#Cc1c(F)cc(Cl)cc1Br. The van der Waals surface area contributed by atoms with Crippen molar-refractivity contribution in [2.24, 2.45) is 5.73 Å². The van der Waals surface area contributed by atoms with Crippen molar-refractivity contribution in [2.75, 3.05) is 6.54 Å². The lowest BCUT2D eigenvalue weighted by Crippen LogP contribution is -1.95. The van der Waals surface area contributed by atoms with E-state index in [-0.39, 0.29) is 0 Å². The smallest absolute Gasteiger partial charge is 0.141 e. The van der Waals surface area contributed by atoms with E-state index in [9.17, 15) is 4.39 Å². The third-order valence-corrected chi connectivity index (χ3v) is 2.33. The topological polar surface area (TPSA) is 26.0 Å². The molecule has 0 unspecified atom stereocenters. The van der Waals surface area contributed by atoms with Gasteiger partial charge in [0.1, 0.15) is 5.82 Å². The lowest BCUT2D eigenvalue weighted by molar-refractivity contribution is 0.623. The second kappa shape index (κ2) is 5.35. The number of hydrogen-bond donors (Lipinski definition) is 1. The van der Waals surface area contributed by atoms with Gasteiger partial charge in [0.15, 0.2) is 0 Å². The fourth-order valence-corrected chi connectivity index (χ4v) is 1.76. The van der Waals surface area contributed by atoms with Crippen LogP contribution in [0.4, 0.5) is 4.39 Å². The molecule has 0 aliphatic heterocycles. The van der Waals surface area contributed by atoms with Crippen LogP contribution in [0, 0.1) is 17.7 Å². The standard InChI is InChI=1S/C10H8BrClFN/c11-9-5-7(12)6-10(13)8(9)3-1-2-4-14/h5-6H,2,4,14H2. The Morgan fingerprint density at radius 3 is 2.79 bits per heavy atom. The van der Waals surface area contributed by atoms with Crippen molar-refractivity contribution < 1.29 is 4.39 Å². The molecule has 0 spiro atoms. The van der Waals surface area contributed by atoms with Gasteiger partial charge in [-0.3, -0.25) is 0 Å². The Balaban J connectivity index is 3.04. The third-order valence-electron chi connectivity index (χ3n) is 1.49. The third kappa shape index (κ3) is 2.98. The number of halogens is 3. The normalized spacial score (nSPS) is 9.43. The Hall–Kier alpha value is -0.560. The Morgan fingerprint density at radius 2 is 2.21 bits per heavy atom. The van der Waals surface area contributed by atoms with E-state index in [0.717, 1.165) is 0 Å². The van der Waals surface area contributed by atoms with E-state index in [1.807, 2.05) is 0 Å². The summed E-state index contributed by atoms with van der Waals surface area (Å²) in [6.07, 6.45) is 0.550. The molecule has 0 aromatic heterocycles. The fraction of sp³-hybridized carbons (Fsp3) is 0.200. The second-order valence-electron chi connectivity index (χ2n) is 2.58. The molecule has 1 nitrogen and oxygen atoms in total. The summed E-state index contributed by atoms with van der Waals surface area (Å²) in [5.74, 6) is 5.04. The van der Waals surface area contributed by atoms with Gasteiger partial charge in [-0.15, -0.1) is 0 Å². The van der Waals surface area contributed by atoms with Crippen molar-refractivity contribution >= 4 is 27.5 Å². The van der Waals surface area contributed by atoms with E-state index >= 15 is 0 Å². The van der Waals surface area contributed by atoms with Crippen LogP contribution in [0.3, 0.4) is 0 Å². The molecular formula is C10H8BrClFN. The van der Waals surface area contributed by atoms with Gasteiger partial charge >= 0.3 is 0 Å². The molecule has 0 saturated heterocycles. The highest BCUT2D eigenvalue weighted by atomic mass is 79.9.